The van der Waals surface area contributed by atoms with Gasteiger partial charge in [-0.15, -0.1) is 0 Å². The van der Waals surface area contributed by atoms with Gasteiger partial charge in [-0.1, -0.05) is 18.2 Å². The molecule has 1 amide bonds. The summed E-state index contributed by atoms with van der Waals surface area (Å²) in [5.74, 6) is -1.73. The molecule has 0 spiro atoms. The first-order valence-corrected chi connectivity index (χ1v) is 7.43. The molecule has 0 aliphatic heterocycles. The third-order valence-electron chi connectivity index (χ3n) is 3.68. The van der Waals surface area contributed by atoms with Crippen molar-refractivity contribution < 1.29 is 18.3 Å². The fourth-order valence-corrected chi connectivity index (χ4v) is 2.43. The van der Waals surface area contributed by atoms with Crippen molar-refractivity contribution in [2.24, 2.45) is 7.05 Å². The molecule has 7 heteroatoms. The fraction of sp³-hybridized carbons (Fsp3) is 0.111. The highest BCUT2D eigenvalue weighted by Gasteiger charge is 2.17. The molecule has 5 nitrogen and oxygen atoms in total. The second-order valence-corrected chi connectivity index (χ2v) is 5.32. The number of anilines is 1. The number of nitrogens with zero attached hydrogens (tertiary/aromatic N) is 2. The summed E-state index contributed by atoms with van der Waals surface area (Å²) in [6, 6.07) is 12.2. The Bertz CT molecular complexity index is 918. The van der Waals surface area contributed by atoms with Crippen molar-refractivity contribution in [3.63, 3.8) is 0 Å². The smallest absolute Gasteiger partial charge is 0.276 e. The lowest BCUT2D eigenvalue weighted by Crippen LogP contribution is -2.15. The minimum absolute atomic E-state index is 0.0444. The number of benzene rings is 2. The van der Waals surface area contributed by atoms with Crippen molar-refractivity contribution in [1.29, 1.82) is 0 Å². The van der Waals surface area contributed by atoms with E-state index in [1.54, 1.807) is 32.4 Å². The van der Waals surface area contributed by atoms with Crippen LogP contribution in [0.3, 0.4) is 0 Å². The number of halogens is 2. The minimum atomic E-state index is -0.850. The van der Waals surface area contributed by atoms with Crippen LogP contribution in [0, 0.1) is 11.6 Å². The molecule has 25 heavy (non-hydrogen) atoms. The van der Waals surface area contributed by atoms with Gasteiger partial charge in [0.15, 0.2) is 5.69 Å². The van der Waals surface area contributed by atoms with Gasteiger partial charge >= 0.3 is 0 Å². The number of carbonyl (C=O) groups is 1. The predicted octanol–water partition coefficient (Wildman–Crippen LogP) is 3.63. The van der Waals surface area contributed by atoms with Crippen LogP contribution in [0.2, 0.25) is 0 Å². The van der Waals surface area contributed by atoms with Gasteiger partial charge in [-0.25, -0.2) is 8.78 Å². The first-order valence-electron chi connectivity index (χ1n) is 7.43. The fourth-order valence-electron chi connectivity index (χ4n) is 2.43. The van der Waals surface area contributed by atoms with Crippen molar-refractivity contribution >= 4 is 11.6 Å². The summed E-state index contributed by atoms with van der Waals surface area (Å²) in [5.41, 5.74) is 1.01. The average Bonchev–Trinajstić information content (AvgIpc) is 3.00. The molecule has 3 rings (SSSR count). The highest BCUT2D eigenvalue weighted by atomic mass is 19.1. The molecule has 0 bridgehead atoms. The van der Waals surface area contributed by atoms with Crippen molar-refractivity contribution in [3.05, 3.63) is 65.9 Å². The largest absolute Gasteiger partial charge is 0.497 e. The van der Waals surface area contributed by atoms with E-state index in [9.17, 15) is 13.6 Å². The maximum absolute atomic E-state index is 13.7. The van der Waals surface area contributed by atoms with Crippen LogP contribution in [0.15, 0.2) is 48.5 Å². The summed E-state index contributed by atoms with van der Waals surface area (Å²) >= 11 is 0. The number of rotatable bonds is 4. The summed E-state index contributed by atoms with van der Waals surface area (Å²) in [6.07, 6.45) is 0. The number of amides is 1. The molecular formula is C18H15F2N3O2. The Balaban J connectivity index is 1.90. The van der Waals surface area contributed by atoms with Gasteiger partial charge in [-0.3, -0.25) is 9.48 Å². The molecule has 0 fully saturated rings. The molecule has 0 saturated carbocycles. The lowest BCUT2D eigenvalue weighted by atomic mass is 10.1. The minimum Gasteiger partial charge on any atom is -0.497 e. The summed E-state index contributed by atoms with van der Waals surface area (Å²) in [6.45, 7) is 0. The van der Waals surface area contributed by atoms with Crippen LogP contribution in [0.1, 0.15) is 10.5 Å². The number of para-hydroxylation sites is 1. The Morgan fingerprint density at radius 1 is 1.12 bits per heavy atom. The van der Waals surface area contributed by atoms with E-state index in [0.717, 1.165) is 17.7 Å². The van der Waals surface area contributed by atoms with E-state index in [4.69, 9.17) is 4.74 Å². The first kappa shape index (κ1) is 16.6. The van der Waals surface area contributed by atoms with Crippen LogP contribution in [0.5, 0.6) is 5.75 Å². The number of ether oxygens (including phenoxy) is 1. The molecule has 1 aromatic heterocycles. The van der Waals surface area contributed by atoms with E-state index in [0.29, 0.717) is 11.4 Å². The zero-order valence-electron chi connectivity index (χ0n) is 13.6. The van der Waals surface area contributed by atoms with Crippen molar-refractivity contribution in [2.75, 3.05) is 12.4 Å². The Hall–Kier alpha value is -3.22. The first-order chi connectivity index (χ1) is 12.0. The number of hydrogen-bond donors (Lipinski definition) is 1. The normalized spacial score (nSPS) is 10.6. The van der Waals surface area contributed by atoms with Gasteiger partial charge in [0.2, 0.25) is 0 Å². The van der Waals surface area contributed by atoms with E-state index in [2.05, 4.69) is 10.4 Å². The molecule has 3 aromatic rings. The maximum Gasteiger partial charge on any atom is 0.276 e. The third kappa shape index (κ3) is 3.35. The number of carbonyl (C=O) groups excluding carboxylic acids is 1. The van der Waals surface area contributed by atoms with Crippen LogP contribution < -0.4 is 10.1 Å². The lowest BCUT2D eigenvalue weighted by Gasteiger charge is -2.05. The van der Waals surface area contributed by atoms with Crippen LogP contribution in [0.4, 0.5) is 14.5 Å². The molecule has 1 N–H and O–H groups in total. The zero-order chi connectivity index (χ0) is 18.0. The van der Waals surface area contributed by atoms with E-state index in [1.807, 2.05) is 12.1 Å². The summed E-state index contributed by atoms with van der Waals surface area (Å²) in [5, 5.41) is 6.34. The zero-order valence-corrected chi connectivity index (χ0v) is 13.6. The van der Waals surface area contributed by atoms with Gasteiger partial charge in [-0.05, 0) is 30.3 Å². The van der Waals surface area contributed by atoms with E-state index in [1.165, 1.54) is 10.7 Å². The van der Waals surface area contributed by atoms with E-state index >= 15 is 0 Å². The predicted molar refractivity (Wildman–Crippen MR) is 89.5 cm³/mol. The van der Waals surface area contributed by atoms with Crippen LogP contribution in [0.25, 0.3) is 11.3 Å². The number of hydrogen-bond acceptors (Lipinski definition) is 3. The monoisotopic (exact) mass is 343 g/mol. The standard InChI is InChI=1S/C18H15F2N3O2/c1-23-16(11-5-3-6-12(9-11)25-2)10-15(22-23)18(24)21-17-13(19)7-4-8-14(17)20/h3-10H,1-2H3,(H,21,24). The SMILES string of the molecule is COc1cccc(-c2cc(C(=O)Nc3c(F)cccc3F)nn2C)c1. The summed E-state index contributed by atoms with van der Waals surface area (Å²) in [7, 11) is 3.24. The van der Waals surface area contributed by atoms with Gasteiger partial charge in [-0.2, -0.15) is 5.10 Å². The molecule has 0 unspecified atom stereocenters. The molecule has 1 heterocycles. The Morgan fingerprint density at radius 2 is 1.80 bits per heavy atom. The van der Waals surface area contributed by atoms with Gasteiger partial charge < -0.3 is 10.1 Å². The number of aryl methyl sites for hydroxylation is 1. The van der Waals surface area contributed by atoms with E-state index in [-0.39, 0.29) is 5.69 Å². The summed E-state index contributed by atoms with van der Waals surface area (Å²) in [4.78, 5) is 12.3. The molecule has 0 aliphatic carbocycles. The second kappa shape index (κ2) is 6.72. The third-order valence-corrected chi connectivity index (χ3v) is 3.68. The molecule has 2 aromatic carbocycles. The maximum atomic E-state index is 13.7. The van der Waals surface area contributed by atoms with Gasteiger partial charge in [0.05, 0.1) is 12.8 Å². The quantitative estimate of drug-likeness (QED) is 0.787. The second-order valence-electron chi connectivity index (χ2n) is 5.32. The number of nitrogens with one attached hydrogen (secondary N) is 1. The number of methoxy groups -OCH3 is 1. The molecule has 0 saturated heterocycles. The highest BCUT2D eigenvalue weighted by Crippen LogP contribution is 2.25. The Kier molecular flexibility index (Phi) is 4.47. The molecular weight excluding hydrogens is 328 g/mol. The summed E-state index contributed by atoms with van der Waals surface area (Å²) < 4.78 is 34.0. The van der Waals surface area contributed by atoms with E-state index < -0.39 is 23.2 Å². The van der Waals surface area contributed by atoms with Gasteiger partial charge in [0, 0.05) is 12.6 Å². The molecule has 0 radical (unpaired) electrons. The van der Waals surface area contributed by atoms with Gasteiger partial charge in [0.25, 0.3) is 5.91 Å². The average molecular weight is 343 g/mol. The molecule has 0 aliphatic rings. The molecule has 128 valence electrons. The van der Waals surface area contributed by atoms with Crippen molar-refractivity contribution in [3.8, 4) is 17.0 Å². The van der Waals surface area contributed by atoms with Crippen LogP contribution in [-0.2, 0) is 7.05 Å². The van der Waals surface area contributed by atoms with Crippen LogP contribution >= 0.6 is 0 Å². The Morgan fingerprint density at radius 3 is 2.48 bits per heavy atom. The van der Waals surface area contributed by atoms with Crippen molar-refractivity contribution in [1.82, 2.24) is 9.78 Å². The van der Waals surface area contributed by atoms with Gasteiger partial charge in [0.1, 0.15) is 23.1 Å². The highest BCUT2D eigenvalue weighted by molar-refractivity contribution is 6.03. The number of aromatic nitrogens is 2. The Labute approximate surface area is 142 Å². The lowest BCUT2D eigenvalue weighted by molar-refractivity contribution is 0.102. The topological polar surface area (TPSA) is 56.1 Å². The van der Waals surface area contributed by atoms with Crippen LogP contribution in [-0.4, -0.2) is 22.8 Å². The van der Waals surface area contributed by atoms with Crippen molar-refractivity contribution in [2.45, 2.75) is 0 Å². The molecule has 0 atom stereocenters.